The lowest BCUT2D eigenvalue weighted by molar-refractivity contribution is -0.116. The van der Waals surface area contributed by atoms with Gasteiger partial charge >= 0.3 is 0 Å². The van der Waals surface area contributed by atoms with Crippen LogP contribution in [0.3, 0.4) is 0 Å². The Balaban J connectivity index is 1.90. The summed E-state index contributed by atoms with van der Waals surface area (Å²) >= 11 is 0. The molecule has 3 rings (SSSR count). The minimum atomic E-state index is -0.499. The van der Waals surface area contributed by atoms with E-state index in [1.165, 1.54) is 0 Å². The monoisotopic (exact) mass is 384 g/mol. The molecule has 5 N–H and O–H groups in total. The van der Waals surface area contributed by atoms with E-state index in [4.69, 9.17) is 20.9 Å². The summed E-state index contributed by atoms with van der Waals surface area (Å²) < 4.78 is 10.6. The molecule has 148 valence electrons. The summed E-state index contributed by atoms with van der Waals surface area (Å²) in [4.78, 5) is 22.2. The molecular weight excluding hydrogens is 360 g/mol. The van der Waals surface area contributed by atoms with E-state index in [2.05, 4.69) is 15.3 Å². The van der Waals surface area contributed by atoms with Crippen LogP contribution >= 0.6 is 0 Å². The van der Waals surface area contributed by atoms with Gasteiger partial charge < -0.3 is 31.2 Å². The highest BCUT2D eigenvalue weighted by Gasteiger charge is 2.19. The zero-order chi connectivity index (χ0) is 19.9. The molecule has 1 saturated heterocycles. The standard InChI is InChI=1S/C19H24N6O3/c1-27-14-5-2-13(3-6-14)4-7-16-23-18(22-12-15(20)26)17(21)19(24-16)25-8-10-28-11-9-25/h2-7H,8-12,21H2,1H3,(H2,20,26)(H,22,23,24). The Morgan fingerprint density at radius 2 is 1.96 bits per heavy atom. The number of benzene rings is 1. The first-order valence-electron chi connectivity index (χ1n) is 8.91. The molecule has 28 heavy (non-hydrogen) atoms. The van der Waals surface area contributed by atoms with Crippen molar-refractivity contribution in [1.29, 1.82) is 0 Å². The van der Waals surface area contributed by atoms with E-state index < -0.39 is 5.91 Å². The van der Waals surface area contributed by atoms with Gasteiger partial charge in [-0.25, -0.2) is 9.97 Å². The van der Waals surface area contributed by atoms with Crippen molar-refractivity contribution in [2.24, 2.45) is 5.73 Å². The Hall–Kier alpha value is -3.33. The lowest BCUT2D eigenvalue weighted by atomic mass is 10.2. The van der Waals surface area contributed by atoms with E-state index >= 15 is 0 Å². The fourth-order valence-electron chi connectivity index (χ4n) is 2.76. The van der Waals surface area contributed by atoms with E-state index in [0.29, 0.717) is 49.5 Å². The third kappa shape index (κ3) is 4.89. The van der Waals surface area contributed by atoms with Gasteiger partial charge in [-0.2, -0.15) is 0 Å². The predicted molar refractivity (Wildman–Crippen MR) is 109 cm³/mol. The van der Waals surface area contributed by atoms with Crippen LogP contribution in [0.4, 0.5) is 17.3 Å². The maximum atomic E-state index is 11.1. The van der Waals surface area contributed by atoms with Gasteiger partial charge in [0.1, 0.15) is 11.4 Å². The van der Waals surface area contributed by atoms with Gasteiger partial charge in [0, 0.05) is 13.1 Å². The first kappa shape index (κ1) is 19.4. The first-order chi connectivity index (χ1) is 13.6. The number of amides is 1. The van der Waals surface area contributed by atoms with Crippen LogP contribution in [-0.4, -0.2) is 55.8 Å². The zero-order valence-corrected chi connectivity index (χ0v) is 15.7. The van der Waals surface area contributed by atoms with Crippen LogP contribution in [0.5, 0.6) is 5.75 Å². The van der Waals surface area contributed by atoms with E-state index in [1.807, 2.05) is 35.2 Å². The van der Waals surface area contributed by atoms with Gasteiger partial charge in [0.2, 0.25) is 5.91 Å². The Bertz CT molecular complexity index is 847. The Morgan fingerprint density at radius 1 is 1.25 bits per heavy atom. The summed E-state index contributed by atoms with van der Waals surface area (Å²) in [5.74, 6) is 1.75. The summed E-state index contributed by atoms with van der Waals surface area (Å²) in [5, 5.41) is 2.89. The number of nitrogen functional groups attached to an aromatic ring is 1. The third-order valence-corrected chi connectivity index (χ3v) is 4.22. The first-order valence-corrected chi connectivity index (χ1v) is 8.91. The van der Waals surface area contributed by atoms with Crippen molar-refractivity contribution in [1.82, 2.24) is 9.97 Å². The van der Waals surface area contributed by atoms with Crippen LogP contribution in [-0.2, 0) is 9.53 Å². The van der Waals surface area contributed by atoms with Gasteiger partial charge in [0.15, 0.2) is 17.5 Å². The average molecular weight is 384 g/mol. The maximum Gasteiger partial charge on any atom is 0.236 e. The quantitative estimate of drug-likeness (QED) is 0.644. The van der Waals surface area contributed by atoms with Crippen molar-refractivity contribution in [3.63, 3.8) is 0 Å². The molecule has 0 spiro atoms. The number of ether oxygens (including phenoxy) is 2. The number of methoxy groups -OCH3 is 1. The topological polar surface area (TPSA) is 129 Å². The number of nitrogens with one attached hydrogen (secondary N) is 1. The van der Waals surface area contributed by atoms with Crippen LogP contribution in [0.25, 0.3) is 12.2 Å². The van der Waals surface area contributed by atoms with E-state index in [0.717, 1.165) is 11.3 Å². The fourth-order valence-corrected chi connectivity index (χ4v) is 2.76. The van der Waals surface area contributed by atoms with Crippen molar-refractivity contribution in [2.45, 2.75) is 0 Å². The molecular formula is C19H24N6O3. The molecule has 1 aliphatic rings. The minimum Gasteiger partial charge on any atom is -0.497 e. The highest BCUT2D eigenvalue weighted by atomic mass is 16.5. The molecule has 0 saturated carbocycles. The second-order valence-corrected chi connectivity index (χ2v) is 6.19. The number of aromatic nitrogens is 2. The van der Waals surface area contributed by atoms with Crippen LogP contribution in [0.2, 0.25) is 0 Å². The number of hydrogen-bond donors (Lipinski definition) is 3. The SMILES string of the molecule is COc1ccc(C=Cc2nc(NCC(N)=O)c(N)c(N3CCOCC3)n2)cc1. The molecule has 1 amide bonds. The molecule has 9 heteroatoms. The van der Waals surface area contributed by atoms with Gasteiger partial charge in [-0.3, -0.25) is 4.79 Å². The second-order valence-electron chi connectivity index (χ2n) is 6.19. The number of primary amides is 1. The van der Waals surface area contributed by atoms with Crippen molar-refractivity contribution in [3.8, 4) is 5.75 Å². The average Bonchev–Trinajstić information content (AvgIpc) is 2.73. The lowest BCUT2D eigenvalue weighted by Crippen LogP contribution is -2.37. The molecule has 0 bridgehead atoms. The molecule has 2 aromatic rings. The normalized spacial score (nSPS) is 14.2. The summed E-state index contributed by atoms with van der Waals surface area (Å²) in [6, 6.07) is 7.62. The number of carbonyl (C=O) groups excluding carboxylic acids is 1. The summed E-state index contributed by atoms with van der Waals surface area (Å²) in [6.45, 7) is 2.50. The lowest BCUT2D eigenvalue weighted by Gasteiger charge is -2.29. The van der Waals surface area contributed by atoms with Gasteiger partial charge in [-0.1, -0.05) is 18.2 Å². The number of rotatable bonds is 7. The van der Waals surface area contributed by atoms with Crippen molar-refractivity contribution in [3.05, 3.63) is 35.7 Å². The molecule has 0 radical (unpaired) electrons. The van der Waals surface area contributed by atoms with E-state index in [1.54, 1.807) is 13.2 Å². The summed E-state index contributed by atoms with van der Waals surface area (Å²) in [7, 11) is 1.63. The van der Waals surface area contributed by atoms with Crippen LogP contribution < -0.4 is 26.4 Å². The molecule has 2 heterocycles. The third-order valence-electron chi connectivity index (χ3n) is 4.22. The molecule has 1 aliphatic heterocycles. The molecule has 1 aromatic carbocycles. The number of hydrogen-bond acceptors (Lipinski definition) is 8. The van der Waals surface area contributed by atoms with Crippen molar-refractivity contribution >= 4 is 35.4 Å². The summed E-state index contributed by atoms with van der Waals surface area (Å²) in [6.07, 6.45) is 3.69. The Morgan fingerprint density at radius 3 is 2.61 bits per heavy atom. The summed E-state index contributed by atoms with van der Waals surface area (Å²) in [5.41, 5.74) is 12.8. The number of nitrogens with two attached hydrogens (primary N) is 2. The van der Waals surface area contributed by atoms with Crippen LogP contribution in [0.1, 0.15) is 11.4 Å². The molecule has 1 fully saturated rings. The second kappa shape index (κ2) is 9.05. The highest BCUT2D eigenvalue weighted by Crippen LogP contribution is 2.28. The Kier molecular flexibility index (Phi) is 6.28. The molecule has 9 nitrogen and oxygen atoms in total. The molecule has 0 unspecified atom stereocenters. The largest absolute Gasteiger partial charge is 0.497 e. The number of carbonyl (C=O) groups is 1. The predicted octanol–water partition coefficient (Wildman–Crippen LogP) is 0.972. The van der Waals surface area contributed by atoms with E-state index in [-0.39, 0.29) is 6.54 Å². The van der Waals surface area contributed by atoms with E-state index in [9.17, 15) is 4.79 Å². The van der Waals surface area contributed by atoms with Crippen molar-refractivity contribution < 1.29 is 14.3 Å². The smallest absolute Gasteiger partial charge is 0.236 e. The number of morpholine rings is 1. The van der Waals surface area contributed by atoms with Gasteiger partial charge in [0.25, 0.3) is 0 Å². The number of anilines is 3. The molecule has 0 atom stereocenters. The minimum absolute atomic E-state index is 0.0641. The molecule has 1 aromatic heterocycles. The maximum absolute atomic E-state index is 11.1. The van der Waals surface area contributed by atoms with Crippen LogP contribution in [0.15, 0.2) is 24.3 Å². The molecule has 0 aliphatic carbocycles. The van der Waals surface area contributed by atoms with Gasteiger partial charge in [-0.15, -0.1) is 0 Å². The number of nitrogens with zero attached hydrogens (tertiary/aromatic N) is 3. The zero-order valence-electron chi connectivity index (χ0n) is 15.7. The van der Waals surface area contributed by atoms with Gasteiger partial charge in [0.05, 0.1) is 26.9 Å². The van der Waals surface area contributed by atoms with Gasteiger partial charge in [-0.05, 0) is 23.8 Å². The highest BCUT2D eigenvalue weighted by molar-refractivity contribution is 5.83. The fraction of sp³-hybridized carbons (Fsp3) is 0.316. The van der Waals surface area contributed by atoms with Crippen molar-refractivity contribution in [2.75, 3.05) is 55.9 Å². The van der Waals surface area contributed by atoms with Crippen LogP contribution in [0, 0.1) is 0 Å². The Labute approximate surface area is 163 Å².